The zero-order chi connectivity index (χ0) is 41.0. The number of H-pyrrole nitrogens is 1. The number of anilines is 1. The van der Waals surface area contributed by atoms with Crippen molar-refractivity contribution in [3.63, 3.8) is 0 Å². The summed E-state index contributed by atoms with van der Waals surface area (Å²) in [5.41, 5.74) is 0.521. The minimum Gasteiger partial charge on any atom is -0.496 e. The number of fused-ring (bicyclic) bond motifs is 6. The molecular formula is C46H60N4O8. The molecule has 6 aliphatic rings. The highest BCUT2D eigenvalue weighted by Crippen LogP contribution is 2.68. The average Bonchev–Trinajstić information content (AvgIpc) is 3.88. The first-order chi connectivity index (χ1) is 27.8. The number of aromatic nitrogens is 1. The van der Waals surface area contributed by atoms with Gasteiger partial charge in [-0.2, -0.15) is 0 Å². The largest absolute Gasteiger partial charge is 0.496 e. The molecule has 0 amide bonds. The molecule has 1 aliphatic carbocycles. The number of benzene rings is 2. The Kier molecular flexibility index (Phi) is 9.41. The number of nitrogens with one attached hydrogen (secondary N) is 1. The van der Waals surface area contributed by atoms with Crippen molar-refractivity contribution >= 4 is 28.5 Å². The van der Waals surface area contributed by atoms with Crippen LogP contribution in [0.1, 0.15) is 81.7 Å². The van der Waals surface area contributed by atoms with Crippen molar-refractivity contribution in [2.75, 3.05) is 65.5 Å². The van der Waals surface area contributed by atoms with Crippen molar-refractivity contribution in [1.29, 1.82) is 0 Å². The number of methoxy groups -OCH3 is 2. The van der Waals surface area contributed by atoms with Gasteiger partial charge in [-0.1, -0.05) is 44.2 Å². The highest BCUT2D eigenvalue weighted by molar-refractivity contribution is 5.88. The molecule has 5 aliphatic heterocycles. The topological polar surface area (TPSA) is 148 Å². The molecule has 2 bridgehead atoms. The lowest BCUT2D eigenvalue weighted by atomic mass is 9.47. The Labute approximate surface area is 341 Å². The maximum Gasteiger partial charge on any atom is 0.344 e. The molecule has 4 N–H and O–H groups in total. The lowest BCUT2D eigenvalue weighted by molar-refractivity contribution is -0.228. The Hall–Kier alpha value is -3.94. The lowest BCUT2D eigenvalue weighted by Crippen LogP contribution is -2.81. The fourth-order valence-electron chi connectivity index (χ4n) is 13.7. The van der Waals surface area contributed by atoms with E-state index in [4.69, 9.17) is 14.2 Å². The van der Waals surface area contributed by atoms with E-state index in [0.29, 0.717) is 63.9 Å². The molecule has 3 aromatic rings. The van der Waals surface area contributed by atoms with E-state index in [1.165, 1.54) is 19.6 Å². The van der Waals surface area contributed by atoms with Gasteiger partial charge in [-0.3, -0.25) is 14.6 Å². The number of para-hydroxylation sites is 1. The minimum atomic E-state index is -2.24. The minimum absolute atomic E-state index is 0.0799. The molecule has 1 aromatic heterocycles. The number of rotatable bonds is 8. The molecule has 312 valence electrons. The van der Waals surface area contributed by atoms with Crippen LogP contribution in [0.3, 0.4) is 0 Å². The van der Waals surface area contributed by atoms with E-state index in [-0.39, 0.29) is 18.6 Å². The number of esters is 2. The van der Waals surface area contributed by atoms with Crippen LogP contribution in [0.2, 0.25) is 0 Å². The molecule has 58 heavy (non-hydrogen) atoms. The number of aromatic amines is 1. The van der Waals surface area contributed by atoms with Gasteiger partial charge in [0, 0.05) is 103 Å². The van der Waals surface area contributed by atoms with Gasteiger partial charge in [0.2, 0.25) is 5.60 Å². The number of hydrogen-bond acceptors (Lipinski definition) is 11. The summed E-state index contributed by atoms with van der Waals surface area (Å²) in [6.45, 7) is 9.05. The summed E-state index contributed by atoms with van der Waals surface area (Å²) in [4.78, 5) is 38.2. The van der Waals surface area contributed by atoms with Crippen LogP contribution in [0.15, 0.2) is 48.6 Å². The molecule has 12 nitrogen and oxygen atoms in total. The standard InChI is InChI=1S/C46H60N4O8/c1-7-42(54)24-29-25-44(17-21-51,37-31(14-19-49(26-29)27-42)30-12-9-10-13-34(30)47-37)33-22-32-35(23-36(33)56-5)48(4)39-45(32)16-20-50-18-11-15-43(8-2,38(45)50)40(58-28(3)52)46(39,55)41(53)57-6/h9-13,15,22-23,29,38-40,47,51,54-55H,7-8,14,16-21,24-27H2,1-6H3/t29-,38-,39?,40+,42-,43+,44+,45+,46-/m0/s1. The summed E-state index contributed by atoms with van der Waals surface area (Å²) in [6.07, 6.45) is 7.25. The average molecular weight is 797 g/mol. The van der Waals surface area contributed by atoms with Crippen molar-refractivity contribution in [2.24, 2.45) is 11.3 Å². The van der Waals surface area contributed by atoms with Crippen LogP contribution in [0.5, 0.6) is 5.75 Å². The number of hydrogen-bond donors (Lipinski definition) is 4. The van der Waals surface area contributed by atoms with Gasteiger partial charge in [-0.25, -0.2) is 4.79 Å². The second-order valence-electron chi connectivity index (χ2n) is 18.4. The smallest absolute Gasteiger partial charge is 0.344 e. The predicted octanol–water partition coefficient (Wildman–Crippen LogP) is 4.20. The van der Waals surface area contributed by atoms with Crippen LogP contribution in [0.4, 0.5) is 5.69 Å². The van der Waals surface area contributed by atoms with E-state index in [1.54, 1.807) is 7.11 Å². The van der Waals surface area contributed by atoms with Gasteiger partial charge in [-0.05, 0) is 80.7 Å². The summed E-state index contributed by atoms with van der Waals surface area (Å²) in [7, 11) is 4.88. The van der Waals surface area contributed by atoms with Crippen molar-refractivity contribution in [3.05, 3.63) is 70.9 Å². The molecule has 1 saturated carbocycles. The number of ether oxygens (including phenoxy) is 3. The Morgan fingerprint density at radius 3 is 2.52 bits per heavy atom. The van der Waals surface area contributed by atoms with E-state index in [1.807, 2.05) is 18.9 Å². The van der Waals surface area contributed by atoms with Crippen LogP contribution in [0.25, 0.3) is 10.9 Å². The molecule has 0 radical (unpaired) electrons. The number of piperidine rings is 1. The maximum absolute atomic E-state index is 14.4. The van der Waals surface area contributed by atoms with Gasteiger partial charge in [0.05, 0.1) is 25.9 Å². The van der Waals surface area contributed by atoms with Crippen LogP contribution >= 0.6 is 0 Å². The highest BCUT2D eigenvalue weighted by atomic mass is 16.6. The van der Waals surface area contributed by atoms with Gasteiger partial charge in [0.25, 0.3) is 0 Å². The summed E-state index contributed by atoms with van der Waals surface area (Å²) in [5, 5.41) is 37.7. The molecule has 2 unspecified atom stereocenters. The monoisotopic (exact) mass is 796 g/mol. The molecule has 2 aromatic carbocycles. The third-order valence-electron chi connectivity index (χ3n) is 15.8. The maximum atomic E-state index is 14.4. The summed E-state index contributed by atoms with van der Waals surface area (Å²) >= 11 is 0. The molecule has 6 heterocycles. The zero-order valence-electron chi connectivity index (χ0n) is 34.8. The van der Waals surface area contributed by atoms with E-state index < -0.39 is 51.5 Å². The first kappa shape index (κ1) is 39.5. The Morgan fingerprint density at radius 1 is 1.02 bits per heavy atom. The lowest BCUT2D eigenvalue weighted by Gasteiger charge is -2.63. The van der Waals surface area contributed by atoms with Crippen LogP contribution in [0, 0.1) is 11.3 Å². The fraction of sp³-hybridized carbons (Fsp3) is 0.609. The second kappa shape index (κ2) is 13.8. The highest BCUT2D eigenvalue weighted by Gasteiger charge is 2.80. The van der Waals surface area contributed by atoms with Crippen LogP contribution in [-0.2, 0) is 36.3 Å². The Morgan fingerprint density at radius 2 is 1.81 bits per heavy atom. The van der Waals surface area contributed by atoms with Crippen molar-refractivity contribution in [1.82, 2.24) is 14.8 Å². The normalized spacial score (nSPS) is 37.5. The third-order valence-corrected chi connectivity index (χ3v) is 15.8. The molecule has 9 rings (SSSR count). The summed E-state index contributed by atoms with van der Waals surface area (Å²) in [5.74, 6) is -0.653. The van der Waals surface area contributed by atoms with E-state index in [0.717, 1.165) is 52.9 Å². The first-order valence-electron chi connectivity index (χ1n) is 21.3. The first-order valence-corrected chi connectivity index (χ1v) is 21.3. The number of aliphatic hydroxyl groups excluding tert-OH is 1. The van der Waals surface area contributed by atoms with E-state index >= 15 is 0 Å². The van der Waals surface area contributed by atoms with Gasteiger partial charge >= 0.3 is 11.9 Å². The second-order valence-corrected chi connectivity index (χ2v) is 18.4. The Bertz CT molecular complexity index is 2170. The van der Waals surface area contributed by atoms with Crippen molar-refractivity contribution in [2.45, 2.75) is 106 Å². The van der Waals surface area contributed by atoms with Gasteiger partial charge in [0.15, 0.2) is 6.10 Å². The number of aliphatic hydroxyl groups is 3. The number of carbonyl (C=O) groups is 2. The molecule has 10 atom stereocenters. The van der Waals surface area contributed by atoms with Gasteiger partial charge in [-0.15, -0.1) is 0 Å². The number of likely N-dealkylation sites (N-methyl/N-ethyl adjacent to an activating group) is 1. The fourth-order valence-corrected chi connectivity index (χ4v) is 13.7. The van der Waals surface area contributed by atoms with Crippen LogP contribution in [-0.4, -0.2) is 132 Å². The van der Waals surface area contributed by atoms with E-state index in [9.17, 15) is 24.9 Å². The number of carbonyl (C=O) groups excluding carboxylic acids is 2. The SMILES string of the molecule is CC[C@]1(O)C[C@@H]2CN(CCc3c([nH]c4ccccc34)[C@@](CCO)(c3cc4c(cc3OC)N(C)C3[C@]45CCN4CC=C[C@@](CC)([C@@H](OC(C)=O)[C@]3(O)C(=O)OC)[C@H]45)C2)C1. The van der Waals surface area contributed by atoms with Gasteiger partial charge < -0.3 is 39.4 Å². The quantitative estimate of drug-likeness (QED) is 0.192. The Balaban J connectivity index is 1.34. The van der Waals surface area contributed by atoms with Crippen molar-refractivity contribution < 1.29 is 39.1 Å². The predicted molar refractivity (Wildman–Crippen MR) is 220 cm³/mol. The third kappa shape index (κ3) is 5.17. The summed E-state index contributed by atoms with van der Waals surface area (Å²) < 4.78 is 18.1. The molecular weight excluding hydrogens is 737 g/mol. The molecule has 3 fully saturated rings. The molecule has 1 spiro atoms. The zero-order valence-corrected chi connectivity index (χ0v) is 34.8. The summed E-state index contributed by atoms with van der Waals surface area (Å²) in [6, 6.07) is 11.7. The number of nitrogens with zero attached hydrogens (tertiary/aromatic N) is 3. The molecule has 2 saturated heterocycles. The van der Waals surface area contributed by atoms with E-state index in [2.05, 4.69) is 70.3 Å². The molecule has 12 heteroatoms. The van der Waals surface area contributed by atoms with Gasteiger partial charge in [0.1, 0.15) is 5.75 Å². The van der Waals surface area contributed by atoms with Crippen molar-refractivity contribution in [3.8, 4) is 5.75 Å². The van der Waals surface area contributed by atoms with Crippen LogP contribution < -0.4 is 9.64 Å².